The van der Waals surface area contributed by atoms with Crippen LogP contribution in [-0.2, 0) is 0 Å². The molecule has 1 aromatic carbocycles. The maximum atomic E-state index is 12.4. The molecule has 0 spiro atoms. The van der Waals surface area contributed by atoms with Gasteiger partial charge in [-0.2, -0.15) is 0 Å². The lowest BCUT2D eigenvalue weighted by Gasteiger charge is -2.28. The van der Waals surface area contributed by atoms with Crippen molar-refractivity contribution in [2.75, 3.05) is 12.9 Å². The van der Waals surface area contributed by atoms with Gasteiger partial charge in [-0.1, -0.05) is 18.9 Å². The van der Waals surface area contributed by atoms with Gasteiger partial charge in [0.05, 0.1) is 12.1 Å². The molecule has 0 unspecified atom stereocenters. The van der Waals surface area contributed by atoms with Crippen molar-refractivity contribution >= 4 is 17.7 Å². The smallest absolute Gasteiger partial charge is 0.252 e. The fourth-order valence-corrected chi connectivity index (χ4v) is 3.10. The van der Waals surface area contributed by atoms with Crippen LogP contribution in [0, 0.1) is 6.92 Å². The highest BCUT2D eigenvalue weighted by Crippen LogP contribution is 2.30. The second-order valence-corrected chi connectivity index (χ2v) is 6.16. The van der Waals surface area contributed by atoms with E-state index in [4.69, 9.17) is 0 Å². The molecule has 0 bridgehead atoms. The zero-order chi connectivity index (χ0) is 13.9. The molecule has 104 valence electrons. The monoisotopic (exact) mass is 279 g/mol. The van der Waals surface area contributed by atoms with Crippen LogP contribution in [0.5, 0.6) is 0 Å². The molecule has 1 fully saturated rings. The first-order valence-corrected chi connectivity index (χ1v) is 7.91. The minimum atomic E-state index is -0.404. The van der Waals surface area contributed by atoms with E-state index in [1.54, 1.807) is 11.8 Å². The molecule has 0 radical (unpaired) electrons. The average Bonchev–Trinajstić information content (AvgIpc) is 2.88. The lowest BCUT2D eigenvalue weighted by atomic mass is 9.97. The first-order valence-electron chi connectivity index (χ1n) is 6.68. The van der Waals surface area contributed by atoms with E-state index in [-0.39, 0.29) is 12.5 Å². The molecule has 1 aliphatic rings. The molecule has 0 aromatic heterocycles. The maximum Gasteiger partial charge on any atom is 0.252 e. The first-order chi connectivity index (χ1) is 9.10. The zero-order valence-corrected chi connectivity index (χ0v) is 12.3. The Hall–Kier alpha value is -1.00. The van der Waals surface area contributed by atoms with Crippen molar-refractivity contribution in [1.82, 2.24) is 5.32 Å². The van der Waals surface area contributed by atoms with Crippen molar-refractivity contribution in [3.05, 3.63) is 29.3 Å². The molecule has 0 heterocycles. The summed E-state index contributed by atoms with van der Waals surface area (Å²) in [5, 5.41) is 12.6. The first kappa shape index (κ1) is 14.4. The Morgan fingerprint density at radius 1 is 1.42 bits per heavy atom. The van der Waals surface area contributed by atoms with Crippen LogP contribution >= 0.6 is 11.8 Å². The number of thioether (sulfide) groups is 1. The fraction of sp³-hybridized carbons (Fsp3) is 0.533. The largest absolute Gasteiger partial charge is 0.394 e. The summed E-state index contributed by atoms with van der Waals surface area (Å²) in [4.78, 5) is 13.5. The van der Waals surface area contributed by atoms with Crippen molar-refractivity contribution in [2.45, 2.75) is 43.0 Å². The van der Waals surface area contributed by atoms with Gasteiger partial charge in [-0.3, -0.25) is 4.79 Å². The normalized spacial score (nSPS) is 17.4. The van der Waals surface area contributed by atoms with Gasteiger partial charge in [0.15, 0.2) is 0 Å². The summed E-state index contributed by atoms with van der Waals surface area (Å²) in [5.41, 5.74) is 1.28. The molecule has 0 atom stereocenters. The van der Waals surface area contributed by atoms with Crippen LogP contribution in [0.25, 0.3) is 0 Å². The maximum absolute atomic E-state index is 12.4. The second-order valence-electron chi connectivity index (χ2n) is 5.28. The van der Waals surface area contributed by atoms with Crippen molar-refractivity contribution in [3.63, 3.8) is 0 Å². The molecule has 3 nitrogen and oxygen atoms in total. The van der Waals surface area contributed by atoms with Crippen LogP contribution in [0.4, 0.5) is 0 Å². The molecular formula is C15H21NO2S. The van der Waals surface area contributed by atoms with Crippen molar-refractivity contribution in [2.24, 2.45) is 0 Å². The Morgan fingerprint density at radius 2 is 2.11 bits per heavy atom. The molecule has 1 amide bonds. The number of aliphatic hydroxyl groups is 1. The fourth-order valence-electron chi connectivity index (χ4n) is 2.66. The van der Waals surface area contributed by atoms with E-state index >= 15 is 0 Å². The summed E-state index contributed by atoms with van der Waals surface area (Å²) in [6.45, 7) is 1.97. The third-order valence-corrected chi connectivity index (χ3v) is 4.66. The van der Waals surface area contributed by atoms with Crippen molar-refractivity contribution < 1.29 is 9.90 Å². The van der Waals surface area contributed by atoms with E-state index in [1.807, 2.05) is 31.4 Å². The van der Waals surface area contributed by atoms with Gasteiger partial charge < -0.3 is 10.4 Å². The van der Waals surface area contributed by atoms with E-state index in [1.165, 1.54) is 0 Å². The summed E-state index contributed by atoms with van der Waals surface area (Å²) in [7, 11) is 0. The number of aryl methyl sites for hydroxylation is 1. The zero-order valence-electron chi connectivity index (χ0n) is 11.5. The van der Waals surface area contributed by atoms with E-state index < -0.39 is 5.54 Å². The topological polar surface area (TPSA) is 49.3 Å². The highest BCUT2D eigenvalue weighted by atomic mass is 32.2. The van der Waals surface area contributed by atoms with Crippen LogP contribution in [0.1, 0.15) is 41.6 Å². The number of rotatable bonds is 4. The summed E-state index contributed by atoms with van der Waals surface area (Å²) in [6, 6.07) is 5.92. The predicted molar refractivity (Wildman–Crippen MR) is 78.7 cm³/mol. The van der Waals surface area contributed by atoms with Gasteiger partial charge in [0.25, 0.3) is 5.91 Å². The molecule has 1 saturated carbocycles. The van der Waals surface area contributed by atoms with Crippen molar-refractivity contribution in [3.8, 4) is 0 Å². The summed E-state index contributed by atoms with van der Waals surface area (Å²) in [6.07, 6.45) is 5.89. The van der Waals surface area contributed by atoms with E-state index in [2.05, 4.69) is 5.32 Å². The number of benzene rings is 1. The molecule has 1 aliphatic carbocycles. The third kappa shape index (κ3) is 3.12. The summed E-state index contributed by atoms with van der Waals surface area (Å²) in [5.74, 6) is -0.0654. The van der Waals surface area contributed by atoms with E-state index in [0.717, 1.165) is 36.1 Å². The van der Waals surface area contributed by atoms with E-state index in [0.29, 0.717) is 5.56 Å². The quantitative estimate of drug-likeness (QED) is 0.833. The number of nitrogens with one attached hydrogen (secondary N) is 1. The molecule has 4 heteroatoms. The number of amides is 1. The van der Waals surface area contributed by atoms with Crippen LogP contribution in [-0.4, -0.2) is 29.4 Å². The highest BCUT2D eigenvalue weighted by molar-refractivity contribution is 7.98. The molecule has 2 N–H and O–H groups in total. The molecule has 0 saturated heterocycles. The Labute approximate surface area is 118 Å². The number of hydrogen-bond donors (Lipinski definition) is 2. The Balaban J connectivity index is 2.19. The molecular weight excluding hydrogens is 258 g/mol. The highest BCUT2D eigenvalue weighted by Gasteiger charge is 2.35. The van der Waals surface area contributed by atoms with Crippen LogP contribution in [0.15, 0.2) is 23.1 Å². The van der Waals surface area contributed by atoms with Crippen LogP contribution in [0.3, 0.4) is 0 Å². The van der Waals surface area contributed by atoms with Gasteiger partial charge in [0.1, 0.15) is 0 Å². The van der Waals surface area contributed by atoms with Gasteiger partial charge in [-0.15, -0.1) is 11.8 Å². The van der Waals surface area contributed by atoms with Crippen LogP contribution < -0.4 is 5.32 Å². The summed E-state index contributed by atoms with van der Waals surface area (Å²) >= 11 is 1.63. The minimum Gasteiger partial charge on any atom is -0.394 e. The lowest BCUT2D eigenvalue weighted by Crippen LogP contribution is -2.49. The van der Waals surface area contributed by atoms with Crippen molar-refractivity contribution in [1.29, 1.82) is 0 Å². The Morgan fingerprint density at radius 3 is 2.68 bits per heavy atom. The number of aliphatic hydroxyl groups excluding tert-OH is 1. The van der Waals surface area contributed by atoms with E-state index in [9.17, 15) is 9.90 Å². The van der Waals surface area contributed by atoms with Gasteiger partial charge in [-0.05, 0) is 43.7 Å². The van der Waals surface area contributed by atoms with Gasteiger partial charge in [-0.25, -0.2) is 0 Å². The van der Waals surface area contributed by atoms with Gasteiger partial charge >= 0.3 is 0 Å². The lowest BCUT2D eigenvalue weighted by molar-refractivity contribution is 0.0837. The van der Waals surface area contributed by atoms with Gasteiger partial charge in [0, 0.05) is 10.5 Å². The Kier molecular flexibility index (Phi) is 4.53. The molecule has 2 rings (SSSR count). The molecule has 0 aliphatic heterocycles. The average molecular weight is 279 g/mol. The third-order valence-electron chi connectivity index (χ3n) is 3.93. The number of carbonyl (C=O) groups excluding carboxylic acids is 1. The predicted octanol–water partition coefficient (Wildman–Crippen LogP) is 2.75. The molecule has 19 heavy (non-hydrogen) atoms. The minimum absolute atomic E-state index is 0.0278. The number of carbonyl (C=O) groups is 1. The number of hydrogen-bond acceptors (Lipinski definition) is 3. The van der Waals surface area contributed by atoms with Crippen LogP contribution in [0.2, 0.25) is 0 Å². The Bertz CT molecular complexity index is 467. The second kappa shape index (κ2) is 5.97. The van der Waals surface area contributed by atoms with Gasteiger partial charge in [0.2, 0.25) is 0 Å². The SMILES string of the molecule is CSc1ccc(C)c(C(=O)NC2(CO)CCCC2)c1. The standard InChI is InChI=1S/C15H21NO2S/c1-11-5-6-12(19-2)9-13(11)14(18)16-15(10-17)7-3-4-8-15/h5-6,9,17H,3-4,7-8,10H2,1-2H3,(H,16,18). The summed E-state index contributed by atoms with van der Waals surface area (Å²) < 4.78 is 0. The molecule has 1 aromatic rings.